The fourth-order valence-corrected chi connectivity index (χ4v) is 2.76. The predicted molar refractivity (Wildman–Crippen MR) is 82.1 cm³/mol. The summed E-state index contributed by atoms with van der Waals surface area (Å²) < 4.78 is 0. The molecule has 0 spiro atoms. The van der Waals surface area contributed by atoms with E-state index >= 15 is 0 Å². The summed E-state index contributed by atoms with van der Waals surface area (Å²) in [5.41, 5.74) is 10.3. The van der Waals surface area contributed by atoms with Crippen molar-refractivity contribution in [3.63, 3.8) is 0 Å². The van der Waals surface area contributed by atoms with Gasteiger partial charge in [-0.1, -0.05) is 18.2 Å². The Hall–Kier alpha value is -1.06. The van der Waals surface area contributed by atoms with Crippen LogP contribution < -0.4 is 5.73 Å². The van der Waals surface area contributed by atoms with Crippen molar-refractivity contribution in [1.82, 2.24) is 4.90 Å². The highest BCUT2D eigenvalue weighted by Crippen LogP contribution is 2.32. The number of hydrogen-bond acceptors (Lipinski definition) is 3. The molecule has 1 aromatic carbocycles. The largest absolute Gasteiger partial charge is 0.354 e. The van der Waals surface area contributed by atoms with E-state index in [1.807, 2.05) is 0 Å². The summed E-state index contributed by atoms with van der Waals surface area (Å²) in [7, 11) is 0. The van der Waals surface area contributed by atoms with Crippen molar-refractivity contribution in [3.8, 4) is 0 Å². The molecule has 3 nitrogen and oxygen atoms in total. The SMILES string of the molecule is Cc1cccc(C(N)C2=NCCN2C2CC2)c1C.Cl. The van der Waals surface area contributed by atoms with Gasteiger partial charge in [-0.25, -0.2) is 0 Å². The van der Waals surface area contributed by atoms with Crippen molar-refractivity contribution in [2.75, 3.05) is 13.1 Å². The standard InChI is InChI=1S/C15H21N3.ClH/c1-10-4-3-5-13(11(10)2)14(16)15-17-8-9-18(15)12-6-7-12;/h3-5,12,14H,6-9,16H2,1-2H3;1H. The molecule has 2 N–H and O–H groups in total. The quantitative estimate of drug-likeness (QED) is 0.924. The first-order valence-corrected chi connectivity index (χ1v) is 6.81. The number of nitrogens with two attached hydrogens (primary N) is 1. The summed E-state index contributed by atoms with van der Waals surface area (Å²) in [4.78, 5) is 7.07. The van der Waals surface area contributed by atoms with Crippen molar-refractivity contribution < 1.29 is 0 Å². The number of amidine groups is 1. The molecule has 3 rings (SSSR count). The molecule has 1 aliphatic heterocycles. The molecule has 1 saturated carbocycles. The number of aliphatic imine (C=N–C) groups is 1. The summed E-state index contributed by atoms with van der Waals surface area (Å²) in [6.45, 7) is 6.26. The Bertz CT molecular complexity index is 494. The summed E-state index contributed by atoms with van der Waals surface area (Å²) in [5, 5.41) is 0. The lowest BCUT2D eigenvalue weighted by Gasteiger charge is -2.25. The molecule has 1 atom stereocenters. The third-order valence-electron chi connectivity index (χ3n) is 4.16. The summed E-state index contributed by atoms with van der Waals surface area (Å²) in [6.07, 6.45) is 2.61. The van der Waals surface area contributed by atoms with Gasteiger partial charge in [0.25, 0.3) is 0 Å². The molecule has 0 radical (unpaired) electrons. The zero-order valence-corrected chi connectivity index (χ0v) is 12.4. The fourth-order valence-electron chi connectivity index (χ4n) is 2.76. The molecule has 0 bridgehead atoms. The number of rotatable bonds is 3. The van der Waals surface area contributed by atoms with Gasteiger partial charge in [0.1, 0.15) is 5.84 Å². The van der Waals surface area contributed by atoms with Gasteiger partial charge < -0.3 is 10.6 Å². The van der Waals surface area contributed by atoms with E-state index in [-0.39, 0.29) is 18.4 Å². The number of halogens is 1. The van der Waals surface area contributed by atoms with Crippen LogP contribution >= 0.6 is 12.4 Å². The maximum absolute atomic E-state index is 6.45. The van der Waals surface area contributed by atoms with E-state index in [1.54, 1.807) is 0 Å². The predicted octanol–water partition coefficient (Wildman–Crippen LogP) is 2.60. The van der Waals surface area contributed by atoms with Crippen LogP contribution in [-0.2, 0) is 0 Å². The Kier molecular flexibility index (Phi) is 4.16. The maximum Gasteiger partial charge on any atom is 0.121 e. The molecule has 1 unspecified atom stereocenters. The van der Waals surface area contributed by atoms with Crippen LogP contribution in [0.4, 0.5) is 0 Å². The summed E-state index contributed by atoms with van der Waals surface area (Å²) in [6, 6.07) is 7.02. The van der Waals surface area contributed by atoms with E-state index in [9.17, 15) is 0 Å². The van der Waals surface area contributed by atoms with Crippen molar-refractivity contribution in [2.24, 2.45) is 10.7 Å². The lowest BCUT2D eigenvalue weighted by molar-refractivity contribution is 0.435. The molecular weight excluding hydrogens is 258 g/mol. The molecule has 1 fully saturated rings. The second kappa shape index (κ2) is 5.51. The number of aryl methyl sites for hydroxylation is 1. The Labute approximate surface area is 121 Å². The van der Waals surface area contributed by atoms with Crippen LogP contribution in [0.1, 0.15) is 35.6 Å². The van der Waals surface area contributed by atoms with Gasteiger partial charge in [0, 0.05) is 12.6 Å². The molecule has 104 valence electrons. The first kappa shape index (κ1) is 14.4. The lowest BCUT2D eigenvalue weighted by Crippen LogP contribution is -2.37. The summed E-state index contributed by atoms with van der Waals surface area (Å²) in [5.74, 6) is 1.10. The van der Waals surface area contributed by atoms with Crippen LogP contribution in [0.15, 0.2) is 23.2 Å². The monoisotopic (exact) mass is 279 g/mol. The van der Waals surface area contributed by atoms with Crippen LogP contribution in [-0.4, -0.2) is 29.9 Å². The smallest absolute Gasteiger partial charge is 0.121 e. The summed E-state index contributed by atoms with van der Waals surface area (Å²) >= 11 is 0. The van der Waals surface area contributed by atoms with Gasteiger partial charge in [-0.15, -0.1) is 12.4 Å². The van der Waals surface area contributed by atoms with Crippen LogP contribution in [0.5, 0.6) is 0 Å². The number of benzene rings is 1. The van der Waals surface area contributed by atoms with Crippen LogP contribution in [0.3, 0.4) is 0 Å². The van der Waals surface area contributed by atoms with E-state index in [1.165, 1.54) is 29.5 Å². The minimum absolute atomic E-state index is 0. The van der Waals surface area contributed by atoms with Gasteiger partial charge >= 0.3 is 0 Å². The lowest BCUT2D eigenvalue weighted by atomic mass is 9.97. The second-order valence-electron chi connectivity index (χ2n) is 5.43. The van der Waals surface area contributed by atoms with Gasteiger partial charge in [0.15, 0.2) is 0 Å². The Morgan fingerprint density at radius 2 is 2.05 bits per heavy atom. The van der Waals surface area contributed by atoms with Gasteiger partial charge in [-0.05, 0) is 43.4 Å². The Morgan fingerprint density at radius 3 is 2.74 bits per heavy atom. The van der Waals surface area contributed by atoms with Crippen molar-refractivity contribution in [1.29, 1.82) is 0 Å². The number of nitrogens with zero attached hydrogens (tertiary/aromatic N) is 2. The Morgan fingerprint density at radius 1 is 1.32 bits per heavy atom. The highest BCUT2D eigenvalue weighted by molar-refractivity contribution is 5.90. The third kappa shape index (κ3) is 2.63. The third-order valence-corrected chi connectivity index (χ3v) is 4.16. The minimum atomic E-state index is -0.0620. The van der Waals surface area contributed by atoms with Gasteiger partial charge in [0.05, 0.1) is 12.6 Å². The van der Waals surface area contributed by atoms with Crippen molar-refractivity contribution in [2.45, 2.75) is 38.8 Å². The molecule has 19 heavy (non-hydrogen) atoms. The van der Waals surface area contributed by atoms with Crippen LogP contribution in [0.2, 0.25) is 0 Å². The molecule has 1 aliphatic carbocycles. The van der Waals surface area contributed by atoms with Crippen LogP contribution in [0.25, 0.3) is 0 Å². The molecule has 1 heterocycles. The van der Waals surface area contributed by atoms with Gasteiger partial charge in [-0.3, -0.25) is 4.99 Å². The van der Waals surface area contributed by atoms with E-state index < -0.39 is 0 Å². The van der Waals surface area contributed by atoms with Gasteiger partial charge in [0.2, 0.25) is 0 Å². The van der Waals surface area contributed by atoms with E-state index in [2.05, 4.69) is 41.9 Å². The maximum atomic E-state index is 6.45. The van der Waals surface area contributed by atoms with Crippen molar-refractivity contribution >= 4 is 18.2 Å². The first-order valence-electron chi connectivity index (χ1n) is 6.81. The Balaban J connectivity index is 0.00000133. The van der Waals surface area contributed by atoms with E-state index in [0.29, 0.717) is 6.04 Å². The average molecular weight is 280 g/mol. The highest BCUT2D eigenvalue weighted by atomic mass is 35.5. The molecule has 1 aromatic rings. The second-order valence-corrected chi connectivity index (χ2v) is 5.43. The molecule has 2 aliphatic rings. The molecule has 0 amide bonds. The van der Waals surface area contributed by atoms with E-state index in [4.69, 9.17) is 5.73 Å². The topological polar surface area (TPSA) is 41.6 Å². The van der Waals surface area contributed by atoms with Crippen LogP contribution in [0, 0.1) is 13.8 Å². The average Bonchev–Trinajstić information content (AvgIpc) is 3.09. The molecule has 0 aromatic heterocycles. The molecule has 0 saturated heterocycles. The normalized spacial score (nSPS) is 19.9. The minimum Gasteiger partial charge on any atom is -0.354 e. The number of hydrogen-bond donors (Lipinski definition) is 1. The zero-order valence-electron chi connectivity index (χ0n) is 11.6. The molecule has 4 heteroatoms. The fraction of sp³-hybridized carbons (Fsp3) is 0.533. The molecular formula is C15H22ClN3. The zero-order chi connectivity index (χ0) is 12.7. The van der Waals surface area contributed by atoms with Gasteiger partial charge in [-0.2, -0.15) is 0 Å². The first-order chi connectivity index (χ1) is 8.68. The van der Waals surface area contributed by atoms with E-state index in [0.717, 1.165) is 18.9 Å². The van der Waals surface area contributed by atoms with Crippen molar-refractivity contribution in [3.05, 3.63) is 34.9 Å². The highest BCUT2D eigenvalue weighted by Gasteiger charge is 2.35.